The Balaban J connectivity index is 0.00000312. The lowest BCUT2D eigenvalue weighted by atomic mass is 10.1. The number of halogens is 1. The molecule has 0 saturated carbocycles. The van der Waals surface area contributed by atoms with E-state index in [-0.39, 0.29) is 24.0 Å². The van der Waals surface area contributed by atoms with Crippen molar-refractivity contribution in [2.75, 3.05) is 47.9 Å². The van der Waals surface area contributed by atoms with Crippen LogP contribution in [-0.4, -0.2) is 64.9 Å². The molecule has 142 valence electrons. The van der Waals surface area contributed by atoms with Crippen molar-refractivity contribution in [2.45, 2.75) is 25.3 Å². The van der Waals surface area contributed by atoms with Gasteiger partial charge >= 0.3 is 0 Å². The van der Waals surface area contributed by atoms with Gasteiger partial charge in [0.15, 0.2) is 17.5 Å². The maximum absolute atomic E-state index is 5.34. The SMILES string of the molecule is CN=C(NCCc1ccc(OC)c(OC)c1)NCC1CCCN1C.I. The standard InChI is InChI=1S/C18H30N4O2.HI/c1-19-18(21-13-15-6-5-11-22(15)2)20-10-9-14-7-8-16(23-3)17(12-14)24-4;/h7-8,12,15H,5-6,9-11,13H2,1-4H3,(H2,19,20,21);1H. The zero-order valence-corrected chi connectivity index (χ0v) is 18.0. The van der Waals surface area contributed by atoms with E-state index in [9.17, 15) is 0 Å². The molecule has 6 nitrogen and oxygen atoms in total. The fourth-order valence-corrected chi connectivity index (χ4v) is 3.03. The van der Waals surface area contributed by atoms with Gasteiger partial charge in [0.25, 0.3) is 0 Å². The first kappa shape index (κ1) is 21.8. The van der Waals surface area contributed by atoms with Crippen molar-refractivity contribution >= 4 is 29.9 Å². The first-order chi connectivity index (χ1) is 11.7. The van der Waals surface area contributed by atoms with Gasteiger partial charge in [-0.25, -0.2) is 0 Å². The van der Waals surface area contributed by atoms with Gasteiger partial charge in [0.2, 0.25) is 0 Å². The molecule has 1 aromatic rings. The minimum absolute atomic E-state index is 0. The molecule has 1 heterocycles. The molecule has 0 amide bonds. The van der Waals surface area contributed by atoms with Crippen LogP contribution < -0.4 is 20.1 Å². The predicted octanol–water partition coefficient (Wildman–Crippen LogP) is 2.12. The van der Waals surface area contributed by atoms with E-state index in [1.807, 2.05) is 19.2 Å². The Kier molecular flexibility index (Phi) is 9.96. The Morgan fingerprint density at radius 3 is 2.60 bits per heavy atom. The van der Waals surface area contributed by atoms with Crippen LogP contribution in [0.25, 0.3) is 0 Å². The second kappa shape index (κ2) is 11.4. The first-order valence-electron chi connectivity index (χ1n) is 8.53. The van der Waals surface area contributed by atoms with Crippen LogP contribution in [0.2, 0.25) is 0 Å². The van der Waals surface area contributed by atoms with Crippen LogP contribution in [0.3, 0.4) is 0 Å². The molecule has 0 bridgehead atoms. The number of methoxy groups -OCH3 is 2. The Labute approximate surface area is 168 Å². The highest BCUT2D eigenvalue weighted by Crippen LogP contribution is 2.27. The predicted molar refractivity (Wildman–Crippen MR) is 114 cm³/mol. The highest BCUT2D eigenvalue weighted by molar-refractivity contribution is 14.0. The average molecular weight is 462 g/mol. The van der Waals surface area contributed by atoms with E-state index in [1.165, 1.54) is 24.9 Å². The molecule has 1 aliphatic heterocycles. The van der Waals surface area contributed by atoms with Gasteiger partial charge in [0, 0.05) is 26.2 Å². The van der Waals surface area contributed by atoms with Crippen LogP contribution in [-0.2, 0) is 6.42 Å². The van der Waals surface area contributed by atoms with Crippen molar-refractivity contribution in [1.82, 2.24) is 15.5 Å². The second-order valence-corrected chi connectivity index (χ2v) is 6.10. The molecule has 1 saturated heterocycles. The first-order valence-corrected chi connectivity index (χ1v) is 8.53. The largest absolute Gasteiger partial charge is 0.493 e. The van der Waals surface area contributed by atoms with Gasteiger partial charge in [-0.05, 0) is 50.6 Å². The van der Waals surface area contributed by atoms with E-state index in [4.69, 9.17) is 9.47 Å². The van der Waals surface area contributed by atoms with Crippen LogP contribution in [0.4, 0.5) is 0 Å². The molecule has 1 atom stereocenters. The van der Waals surface area contributed by atoms with Gasteiger partial charge in [-0.15, -0.1) is 24.0 Å². The third-order valence-electron chi connectivity index (χ3n) is 4.55. The highest BCUT2D eigenvalue weighted by Gasteiger charge is 2.20. The number of rotatable bonds is 7. The Morgan fingerprint density at radius 1 is 1.24 bits per heavy atom. The summed E-state index contributed by atoms with van der Waals surface area (Å²) in [6.07, 6.45) is 3.44. The smallest absolute Gasteiger partial charge is 0.191 e. The summed E-state index contributed by atoms with van der Waals surface area (Å²) in [4.78, 5) is 6.70. The fraction of sp³-hybridized carbons (Fsp3) is 0.611. The number of aliphatic imine (C=N–C) groups is 1. The van der Waals surface area contributed by atoms with Crippen molar-refractivity contribution in [3.05, 3.63) is 23.8 Å². The molecular formula is C18H31IN4O2. The minimum Gasteiger partial charge on any atom is -0.493 e. The molecule has 1 aliphatic rings. The molecule has 25 heavy (non-hydrogen) atoms. The van der Waals surface area contributed by atoms with E-state index >= 15 is 0 Å². The number of nitrogens with zero attached hydrogens (tertiary/aromatic N) is 2. The van der Waals surface area contributed by atoms with Gasteiger partial charge < -0.3 is 25.0 Å². The third kappa shape index (κ3) is 6.54. The van der Waals surface area contributed by atoms with Crippen LogP contribution in [0.5, 0.6) is 11.5 Å². The van der Waals surface area contributed by atoms with E-state index in [0.717, 1.165) is 37.0 Å². The van der Waals surface area contributed by atoms with Crippen molar-refractivity contribution in [1.29, 1.82) is 0 Å². The van der Waals surface area contributed by atoms with E-state index in [2.05, 4.69) is 33.6 Å². The molecule has 0 aliphatic carbocycles. The number of likely N-dealkylation sites (N-methyl/N-ethyl adjacent to an activating group) is 1. The summed E-state index contributed by atoms with van der Waals surface area (Å²) in [6.45, 7) is 2.94. The van der Waals surface area contributed by atoms with Crippen molar-refractivity contribution < 1.29 is 9.47 Å². The average Bonchev–Trinajstić information content (AvgIpc) is 3.02. The number of likely N-dealkylation sites (tertiary alicyclic amines) is 1. The zero-order valence-electron chi connectivity index (χ0n) is 15.7. The summed E-state index contributed by atoms with van der Waals surface area (Å²) in [6, 6.07) is 6.63. The molecule has 0 aromatic heterocycles. The molecule has 2 rings (SSSR count). The fourth-order valence-electron chi connectivity index (χ4n) is 3.03. The van der Waals surface area contributed by atoms with E-state index in [0.29, 0.717) is 6.04 Å². The van der Waals surface area contributed by atoms with Gasteiger partial charge in [0.1, 0.15) is 0 Å². The quantitative estimate of drug-likeness (QED) is 0.370. The number of hydrogen-bond donors (Lipinski definition) is 2. The van der Waals surface area contributed by atoms with Crippen LogP contribution >= 0.6 is 24.0 Å². The highest BCUT2D eigenvalue weighted by atomic mass is 127. The summed E-state index contributed by atoms with van der Waals surface area (Å²) < 4.78 is 10.6. The van der Waals surface area contributed by atoms with E-state index < -0.39 is 0 Å². The summed E-state index contributed by atoms with van der Waals surface area (Å²) in [5, 5.41) is 6.79. The molecule has 0 spiro atoms. The van der Waals surface area contributed by atoms with Crippen molar-refractivity contribution in [2.24, 2.45) is 4.99 Å². The second-order valence-electron chi connectivity index (χ2n) is 6.10. The maximum Gasteiger partial charge on any atom is 0.191 e. The van der Waals surface area contributed by atoms with E-state index in [1.54, 1.807) is 14.2 Å². The monoisotopic (exact) mass is 462 g/mol. The van der Waals surface area contributed by atoms with Gasteiger partial charge in [-0.3, -0.25) is 4.99 Å². The number of hydrogen-bond acceptors (Lipinski definition) is 4. The molecule has 2 N–H and O–H groups in total. The van der Waals surface area contributed by atoms with Gasteiger partial charge in [0.05, 0.1) is 14.2 Å². The summed E-state index contributed by atoms with van der Waals surface area (Å²) in [5.41, 5.74) is 1.20. The van der Waals surface area contributed by atoms with Crippen LogP contribution in [0, 0.1) is 0 Å². The van der Waals surface area contributed by atoms with Crippen LogP contribution in [0.1, 0.15) is 18.4 Å². The van der Waals surface area contributed by atoms with Crippen molar-refractivity contribution in [3.8, 4) is 11.5 Å². The lowest BCUT2D eigenvalue weighted by molar-refractivity contribution is 0.309. The normalized spacial score (nSPS) is 17.8. The topological polar surface area (TPSA) is 58.1 Å². The third-order valence-corrected chi connectivity index (χ3v) is 4.55. The van der Waals surface area contributed by atoms with Gasteiger partial charge in [-0.1, -0.05) is 6.07 Å². The van der Waals surface area contributed by atoms with Crippen molar-refractivity contribution in [3.63, 3.8) is 0 Å². The number of guanidine groups is 1. The number of ether oxygens (including phenoxy) is 2. The Bertz CT molecular complexity index is 554. The minimum atomic E-state index is 0. The molecule has 1 fully saturated rings. The Hall–Kier alpha value is -1.22. The maximum atomic E-state index is 5.34. The van der Waals surface area contributed by atoms with Crippen LogP contribution in [0.15, 0.2) is 23.2 Å². The lowest BCUT2D eigenvalue weighted by Gasteiger charge is -2.21. The summed E-state index contributed by atoms with van der Waals surface area (Å²) in [5.74, 6) is 2.38. The molecule has 1 unspecified atom stereocenters. The summed E-state index contributed by atoms with van der Waals surface area (Å²) in [7, 11) is 7.30. The Morgan fingerprint density at radius 2 is 2.00 bits per heavy atom. The number of nitrogens with one attached hydrogen (secondary N) is 2. The van der Waals surface area contributed by atoms with Gasteiger partial charge in [-0.2, -0.15) is 0 Å². The molecule has 1 aromatic carbocycles. The molecular weight excluding hydrogens is 431 g/mol. The summed E-state index contributed by atoms with van der Waals surface area (Å²) >= 11 is 0. The molecule has 0 radical (unpaired) electrons. The number of benzene rings is 1. The zero-order chi connectivity index (χ0) is 17.4. The molecule has 7 heteroatoms. The lowest BCUT2D eigenvalue weighted by Crippen LogP contribution is -2.44.